The van der Waals surface area contributed by atoms with E-state index in [1.54, 1.807) is 6.92 Å². The van der Waals surface area contributed by atoms with Crippen LogP contribution >= 0.6 is 0 Å². The molecule has 0 bridgehead atoms. The van der Waals surface area contributed by atoms with Gasteiger partial charge in [0.2, 0.25) is 5.91 Å². The first-order valence-electron chi connectivity index (χ1n) is 9.37. The molecule has 0 saturated carbocycles. The summed E-state index contributed by atoms with van der Waals surface area (Å²) >= 11 is 0. The molecule has 2 aromatic carbocycles. The number of hydrogen-bond donors (Lipinski definition) is 1. The van der Waals surface area contributed by atoms with Crippen LogP contribution in [0.2, 0.25) is 0 Å². The number of para-hydroxylation sites is 2. The summed E-state index contributed by atoms with van der Waals surface area (Å²) in [6.45, 7) is 3.10. The Balaban J connectivity index is 1.35. The summed E-state index contributed by atoms with van der Waals surface area (Å²) in [4.78, 5) is 19.1. The van der Waals surface area contributed by atoms with Gasteiger partial charge in [0.15, 0.2) is 17.2 Å². The smallest absolute Gasteiger partial charge is 0.298 e. The fraction of sp³-hybridized carbons (Fsp3) is 0.333. The normalized spacial score (nSPS) is 16.3. The third-order valence-electron chi connectivity index (χ3n) is 5.22. The van der Waals surface area contributed by atoms with Crippen molar-refractivity contribution in [2.24, 2.45) is 5.92 Å². The molecule has 1 fully saturated rings. The first-order chi connectivity index (χ1) is 13.5. The van der Waals surface area contributed by atoms with Gasteiger partial charge in [-0.1, -0.05) is 18.2 Å². The molecule has 5 nitrogen and oxygen atoms in total. The van der Waals surface area contributed by atoms with Crippen LogP contribution in [-0.2, 0) is 4.79 Å². The second kappa shape index (κ2) is 7.58. The lowest BCUT2D eigenvalue weighted by Crippen LogP contribution is -2.41. The summed E-state index contributed by atoms with van der Waals surface area (Å²) in [5, 5.41) is 2.90. The van der Waals surface area contributed by atoms with E-state index in [2.05, 4.69) is 10.3 Å². The molecule has 2 heterocycles. The largest absolute Gasteiger partial charge is 0.423 e. The number of aromatic nitrogens is 1. The maximum atomic E-state index is 13.4. The Kier molecular flexibility index (Phi) is 4.98. The van der Waals surface area contributed by atoms with E-state index >= 15 is 0 Å². The SMILES string of the molecule is CC(NC(=O)C1CCN(c2nc3ccccc3o2)CC1)c1ccc(F)c(F)c1. The van der Waals surface area contributed by atoms with Crippen molar-refractivity contribution in [3.05, 3.63) is 59.7 Å². The summed E-state index contributed by atoms with van der Waals surface area (Å²) < 4.78 is 32.3. The van der Waals surface area contributed by atoms with Gasteiger partial charge in [-0.3, -0.25) is 4.79 Å². The number of benzene rings is 2. The maximum absolute atomic E-state index is 13.4. The van der Waals surface area contributed by atoms with E-state index in [0.717, 1.165) is 23.2 Å². The molecule has 1 aromatic heterocycles. The standard InChI is InChI=1S/C21H21F2N3O2/c1-13(15-6-7-16(22)17(23)12-15)24-20(27)14-8-10-26(11-9-14)21-25-18-4-2-3-5-19(18)28-21/h2-7,12-14H,8-11H2,1H3,(H,24,27). The number of rotatable bonds is 4. The molecule has 1 N–H and O–H groups in total. The number of fused-ring (bicyclic) bond motifs is 1. The maximum Gasteiger partial charge on any atom is 0.298 e. The molecule has 3 aromatic rings. The van der Waals surface area contributed by atoms with Crippen LogP contribution in [0.4, 0.5) is 14.8 Å². The molecular formula is C21H21F2N3O2. The van der Waals surface area contributed by atoms with Crippen molar-refractivity contribution < 1.29 is 18.0 Å². The zero-order chi connectivity index (χ0) is 19.7. The minimum atomic E-state index is -0.912. The highest BCUT2D eigenvalue weighted by molar-refractivity contribution is 5.79. The van der Waals surface area contributed by atoms with E-state index in [0.29, 0.717) is 37.5 Å². The first-order valence-corrected chi connectivity index (χ1v) is 9.37. The minimum Gasteiger partial charge on any atom is -0.423 e. The lowest BCUT2D eigenvalue weighted by molar-refractivity contribution is -0.126. The quantitative estimate of drug-likeness (QED) is 0.731. The summed E-state index contributed by atoms with van der Waals surface area (Å²) in [7, 11) is 0. The van der Waals surface area contributed by atoms with Gasteiger partial charge in [-0.05, 0) is 49.6 Å². The van der Waals surface area contributed by atoms with Crippen molar-refractivity contribution in [1.82, 2.24) is 10.3 Å². The Bertz CT molecular complexity index is 963. The monoisotopic (exact) mass is 385 g/mol. The van der Waals surface area contributed by atoms with Gasteiger partial charge < -0.3 is 14.6 Å². The molecule has 1 unspecified atom stereocenters. The highest BCUT2D eigenvalue weighted by atomic mass is 19.2. The van der Waals surface area contributed by atoms with Crippen molar-refractivity contribution >= 4 is 23.0 Å². The average Bonchev–Trinajstić information content (AvgIpc) is 3.14. The van der Waals surface area contributed by atoms with Crippen molar-refractivity contribution in [2.45, 2.75) is 25.8 Å². The van der Waals surface area contributed by atoms with E-state index < -0.39 is 17.7 Å². The number of halogens is 2. The number of nitrogens with zero attached hydrogens (tertiary/aromatic N) is 2. The predicted molar refractivity (Wildman–Crippen MR) is 102 cm³/mol. The number of anilines is 1. The van der Waals surface area contributed by atoms with E-state index in [4.69, 9.17) is 4.42 Å². The topological polar surface area (TPSA) is 58.4 Å². The number of carbonyl (C=O) groups excluding carboxylic acids is 1. The van der Waals surface area contributed by atoms with Crippen LogP contribution in [0.25, 0.3) is 11.1 Å². The Morgan fingerprint density at radius 3 is 2.64 bits per heavy atom. The van der Waals surface area contributed by atoms with Crippen LogP contribution in [0.15, 0.2) is 46.9 Å². The zero-order valence-electron chi connectivity index (χ0n) is 15.5. The number of carbonyl (C=O) groups is 1. The van der Waals surface area contributed by atoms with Crippen molar-refractivity contribution in [3.63, 3.8) is 0 Å². The van der Waals surface area contributed by atoms with Crippen LogP contribution < -0.4 is 10.2 Å². The average molecular weight is 385 g/mol. The van der Waals surface area contributed by atoms with Gasteiger partial charge in [0.1, 0.15) is 5.52 Å². The van der Waals surface area contributed by atoms with Crippen LogP contribution in [0.1, 0.15) is 31.4 Å². The van der Waals surface area contributed by atoms with Crippen molar-refractivity contribution in [2.75, 3.05) is 18.0 Å². The molecule has 28 heavy (non-hydrogen) atoms. The molecule has 0 spiro atoms. The highest BCUT2D eigenvalue weighted by Crippen LogP contribution is 2.27. The first kappa shape index (κ1) is 18.4. The molecule has 0 aliphatic carbocycles. The van der Waals surface area contributed by atoms with Gasteiger partial charge in [-0.15, -0.1) is 0 Å². The van der Waals surface area contributed by atoms with Crippen LogP contribution in [-0.4, -0.2) is 24.0 Å². The molecule has 1 saturated heterocycles. The Morgan fingerprint density at radius 1 is 1.18 bits per heavy atom. The molecule has 1 amide bonds. The third-order valence-corrected chi connectivity index (χ3v) is 5.22. The van der Waals surface area contributed by atoms with Gasteiger partial charge in [0.25, 0.3) is 6.01 Å². The van der Waals surface area contributed by atoms with Gasteiger partial charge >= 0.3 is 0 Å². The Labute approximate surface area is 161 Å². The Hall–Kier alpha value is -2.96. The summed E-state index contributed by atoms with van der Waals surface area (Å²) in [5.74, 6) is -2.01. The highest BCUT2D eigenvalue weighted by Gasteiger charge is 2.28. The number of piperidine rings is 1. The second-order valence-corrected chi connectivity index (χ2v) is 7.13. The minimum absolute atomic E-state index is 0.0746. The fourth-order valence-corrected chi connectivity index (χ4v) is 3.52. The second-order valence-electron chi connectivity index (χ2n) is 7.13. The number of oxazole rings is 1. The van der Waals surface area contributed by atoms with E-state index in [1.807, 2.05) is 29.2 Å². The molecular weight excluding hydrogens is 364 g/mol. The zero-order valence-corrected chi connectivity index (χ0v) is 15.5. The Morgan fingerprint density at radius 2 is 1.93 bits per heavy atom. The molecule has 1 aliphatic heterocycles. The fourth-order valence-electron chi connectivity index (χ4n) is 3.52. The predicted octanol–water partition coefficient (Wildman–Crippen LogP) is 4.20. The van der Waals surface area contributed by atoms with Crippen LogP contribution in [0.3, 0.4) is 0 Å². The summed E-state index contributed by atoms with van der Waals surface area (Å²) in [5.41, 5.74) is 2.10. The molecule has 0 radical (unpaired) electrons. The number of hydrogen-bond acceptors (Lipinski definition) is 4. The van der Waals surface area contributed by atoms with E-state index in [1.165, 1.54) is 6.07 Å². The lowest BCUT2D eigenvalue weighted by atomic mass is 9.95. The van der Waals surface area contributed by atoms with Gasteiger partial charge in [0, 0.05) is 19.0 Å². The summed E-state index contributed by atoms with van der Waals surface area (Å²) in [6, 6.07) is 11.5. The van der Waals surface area contributed by atoms with Crippen LogP contribution in [0, 0.1) is 17.6 Å². The lowest BCUT2D eigenvalue weighted by Gasteiger charge is -2.30. The number of amides is 1. The van der Waals surface area contributed by atoms with Crippen LogP contribution in [0.5, 0.6) is 0 Å². The van der Waals surface area contributed by atoms with E-state index in [9.17, 15) is 13.6 Å². The molecule has 4 rings (SSSR count). The van der Waals surface area contributed by atoms with Crippen molar-refractivity contribution in [1.29, 1.82) is 0 Å². The van der Waals surface area contributed by atoms with Gasteiger partial charge in [-0.2, -0.15) is 4.98 Å². The third kappa shape index (κ3) is 3.69. The van der Waals surface area contributed by atoms with Gasteiger partial charge in [-0.25, -0.2) is 8.78 Å². The van der Waals surface area contributed by atoms with E-state index in [-0.39, 0.29) is 11.8 Å². The van der Waals surface area contributed by atoms with Gasteiger partial charge in [0.05, 0.1) is 6.04 Å². The van der Waals surface area contributed by atoms with Crippen molar-refractivity contribution in [3.8, 4) is 0 Å². The molecule has 1 atom stereocenters. The molecule has 146 valence electrons. The molecule has 1 aliphatic rings. The number of nitrogens with one attached hydrogen (secondary N) is 1. The summed E-state index contributed by atoms with van der Waals surface area (Å²) in [6.07, 6.45) is 1.35. The molecule has 7 heteroatoms.